The van der Waals surface area contributed by atoms with Crippen LogP contribution in [0, 0.1) is 13.0 Å². The van der Waals surface area contributed by atoms with Gasteiger partial charge in [0, 0.05) is 22.0 Å². The predicted molar refractivity (Wildman–Crippen MR) is 181 cm³/mol. The van der Waals surface area contributed by atoms with Gasteiger partial charge in [-0.1, -0.05) is 47.9 Å². The fourth-order valence-electron chi connectivity index (χ4n) is 5.35. The van der Waals surface area contributed by atoms with E-state index >= 15 is 0 Å². The third-order valence-corrected chi connectivity index (χ3v) is 8.90. The normalized spacial score (nSPS) is 11.8. The third kappa shape index (κ3) is 9.25. The Kier molecular flexibility index (Phi) is 13.8. The number of nitrogens with zero attached hydrogens (tertiary/aromatic N) is 5. The van der Waals surface area contributed by atoms with Crippen molar-refractivity contribution in [3.63, 3.8) is 0 Å². The molecule has 7 aromatic rings. The van der Waals surface area contributed by atoms with E-state index in [-0.39, 0.29) is 111 Å². The molecule has 0 fully saturated rings. The standard InChI is InChI=1S/C34H23N6O8S2.3Na/c1-19-7-2-5-12-26(19)38-40-31-29(49(42,43)44)18-25-24(32(31)41)14-16-27-30(25)36-34(35-27)21-9-6-10-22(17-21)37-39-28-15-13-20-8-3-4-11-23(20)33(28)48-50(45,46)47;;;/h2-12,14-18,41H,1H3,(H,35,36)(H,42,43,44)(H,45,46,47);;;/q-1;3*+1/p-2. The fourth-order valence-corrected chi connectivity index (χ4v) is 6.37. The predicted octanol–water partition coefficient (Wildman–Crippen LogP) is -1.06. The van der Waals surface area contributed by atoms with Crippen LogP contribution in [0.25, 0.3) is 44.0 Å². The van der Waals surface area contributed by atoms with Crippen LogP contribution in [0.2, 0.25) is 0 Å². The molecule has 0 amide bonds. The van der Waals surface area contributed by atoms with Gasteiger partial charge in [-0.15, -0.1) is 34.8 Å². The number of H-pyrrole nitrogens is 1. The van der Waals surface area contributed by atoms with Crippen LogP contribution in [-0.2, 0) is 20.5 Å². The van der Waals surface area contributed by atoms with Crippen molar-refractivity contribution >= 4 is 75.8 Å². The summed E-state index contributed by atoms with van der Waals surface area (Å²) in [4.78, 5) is 6.98. The molecule has 0 saturated carbocycles. The van der Waals surface area contributed by atoms with Crippen LogP contribution in [-0.4, -0.2) is 41.0 Å². The number of nitrogens with one attached hydrogen (secondary N) is 1. The number of aromatic hydroxyl groups is 1. The molecule has 0 spiro atoms. The van der Waals surface area contributed by atoms with Crippen molar-refractivity contribution in [2.45, 2.75) is 11.8 Å². The van der Waals surface area contributed by atoms with E-state index in [1.165, 1.54) is 12.1 Å². The van der Waals surface area contributed by atoms with Gasteiger partial charge in [0.2, 0.25) is 0 Å². The molecular weight excluding hydrogens is 754 g/mol. The minimum atomic E-state index is -5.13. The molecule has 2 N–H and O–H groups in total. The summed E-state index contributed by atoms with van der Waals surface area (Å²) in [5.74, 6) is -0.505. The summed E-state index contributed by atoms with van der Waals surface area (Å²) in [6.07, 6.45) is 0. The van der Waals surface area contributed by atoms with Crippen LogP contribution in [0.5, 0.6) is 11.5 Å². The molecule has 0 bridgehead atoms. The molecule has 53 heavy (non-hydrogen) atoms. The monoisotopic (exact) mass is 774 g/mol. The summed E-state index contributed by atoms with van der Waals surface area (Å²) < 4.78 is 76.3. The number of aromatic amines is 1. The Bertz CT molecular complexity index is 2800. The third-order valence-electron chi connectivity index (χ3n) is 7.68. The molecule has 6 aromatic carbocycles. The molecule has 0 aliphatic heterocycles. The van der Waals surface area contributed by atoms with E-state index in [2.05, 4.69) is 36.5 Å². The van der Waals surface area contributed by atoms with E-state index < -0.39 is 36.8 Å². The smallest absolute Gasteiger partial charge is 0.744 e. The van der Waals surface area contributed by atoms with Crippen LogP contribution in [0.1, 0.15) is 5.56 Å². The Labute approximate surface area is 369 Å². The molecule has 0 aliphatic rings. The number of phenols is 1. The van der Waals surface area contributed by atoms with Gasteiger partial charge in [-0.25, -0.2) is 21.8 Å². The Morgan fingerprint density at radius 1 is 0.774 bits per heavy atom. The summed E-state index contributed by atoms with van der Waals surface area (Å²) in [6.45, 7) is 1.78. The minimum absolute atomic E-state index is 0. The molecule has 14 nitrogen and oxygen atoms in total. The number of aromatic nitrogens is 2. The average Bonchev–Trinajstić information content (AvgIpc) is 3.52. The van der Waals surface area contributed by atoms with Crippen molar-refractivity contribution in [2.75, 3.05) is 0 Å². The second-order valence-corrected chi connectivity index (χ2v) is 13.3. The number of imidazole rings is 1. The van der Waals surface area contributed by atoms with Gasteiger partial charge < -0.3 is 23.4 Å². The van der Waals surface area contributed by atoms with Crippen molar-refractivity contribution in [1.82, 2.24) is 9.97 Å². The van der Waals surface area contributed by atoms with Gasteiger partial charge in [0.1, 0.15) is 21.6 Å². The molecule has 0 unspecified atom stereocenters. The maximum atomic E-state index is 12.4. The Balaban J connectivity index is 0.00000209. The first-order valence-corrected chi connectivity index (χ1v) is 17.3. The van der Waals surface area contributed by atoms with Gasteiger partial charge in [0.25, 0.3) is 10.4 Å². The molecular formula is C34H21N6Na3O8S2. The second-order valence-electron chi connectivity index (χ2n) is 10.9. The molecule has 250 valence electrons. The topological polar surface area (TPSA) is 222 Å². The second kappa shape index (κ2) is 17.2. The first-order chi connectivity index (χ1) is 23.9. The van der Waals surface area contributed by atoms with E-state index in [0.29, 0.717) is 44.6 Å². The SMILES string of the molecule is Cc1ccccc1N=Nc1c(S(=O)(=O)[O-])cc2c(ccc3nc(-c4cccc(N=Nc5c[c-]c6ccccc6c5OS(=O)(=O)[O-])c4)[nH]c32)c1O.[Na+].[Na+].[Na+]. The number of benzene rings is 6. The van der Waals surface area contributed by atoms with Crippen LogP contribution in [0.3, 0.4) is 0 Å². The Morgan fingerprint density at radius 2 is 1.49 bits per heavy atom. The number of rotatable bonds is 8. The van der Waals surface area contributed by atoms with Gasteiger partial charge in [-0.2, -0.15) is 15.3 Å². The van der Waals surface area contributed by atoms with Crippen molar-refractivity contribution in [3.05, 3.63) is 109 Å². The van der Waals surface area contributed by atoms with E-state index in [1.807, 2.05) is 0 Å². The summed E-state index contributed by atoms with van der Waals surface area (Å²) in [7, 11) is -10.3. The first kappa shape index (κ1) is 42.7. The zero-order valence-corrected chi connectivity index (χ0v) is 36.2. The van der Waals surface area contributed by atoms with E-state index in [1.54, 1.807) is 85.8 Å². The zero-order valence-electron chi connectivity index (χ0n) is 28.6. The van der Waals surface area contributed by atoms with Crippen molar-refractivity contribution in [1.29, 1.82) is 0 Å². The van der Waals surface area contributed by atoms with Crippen LogP contribution in [0.4, 0.5) is 22.7 Å². The van der Waals surface area contributed by atoms with Crippen molar-refractivity contribution in [2.24, 2.45) is 20.5 Å². The van der Waals surface area contributed by atoms with Crippen molar-refractivity contribution in [3.8, 4) is 22.9 Å². The molecule has 7 rings (SSSR count). The van der Waals surface area contributed by atoms with Gasteiger partial charge in [0.05, 0.1) is 33.1 Å². The van der Waals surface area contributed by atoms with Gasteiger partial charge in [0.15, 0.2) is 5.75 Å². The van der Waals surface area contributed by atoms with Crippen LogP contribution < -0.4 is 92.9 Å². The number of fused-ring (bicyclic) bond motifs is 4. The van der Waals surface area contributed by atoms with Gasteiger partial charge in [-0.3, -0.25) is 0 Å². The molecule has 1 aromatic heterocycles. The van der Waals surface area contributed by atoms with E-state index in [4.69, 9.17) is 4.18 Å². The minimum Gasteiger partial charge on any atom is -0.744 e. The zero-order chi connectivity index (χ0) is 35.2. The summed E-state index contributed by atoms with van der Waals surface area (Å²) in [6, 6.07) is 28.7. The molecule has 0 atom stereocenters. The van der Waals surface area contributed by atoms with Crippen LogP contribution >= 0.6 is 0 Å². The van der Waals surface area contributed by atoms with E-state index in [9.17, 15) is 31.0 Å². The molecule has 0 saturated heterocycles. The Hall–Kier alpha value is -3.07. The fraction of sp³-hybridized carbons (Fsp3) is 0.0294. The largest absolute Gasteiger partial charge is 1.00 e. The first-order valence-electron chi connectivity index (χ1n) is 14.6. The maximum Gasteiger partial charge on any atom is 1.00 e. The summed E-state index contributed by atoms with van der Waals surface area (Å²) >= 11 is 0. The number of hydrogen-bond acceptors (Lipinski definition) is 13. The maximum absolute atomic E-state index is 12.4. The summed E-state index contributed by atoms with van der Waals surface area (Å²) in [5, 5.41) is 28.7. The molecule has 1 heterocycles. The molecule has 19 heteroatoms. The Morgan fingerprint density at radius 3 is 2.23 bits per heavy atom. The quantitative estimate of drug-likeness (QED) is 0.0631. The van der Waals surface area contributed by atoms with E-state index in [0.717, 1.165) is 11.6 Å². The molecule has 0 radical (unpaired) electrons. The number of hydrogen-bond donors (Lipinski definition) is 2. The summed E-state index contributed by atoms with van der Waals surface area (Å²) in [5.41, 5.74) is 2.22. The van der Waals surface area contributed by atoms with Crippen LogP contribution in [0.15, 0.2) is 122 Å². The average molecular weight is 775 g/mol. The van der Waals surface area contributed by atoms with Gasteiger partial charge >= 0.3 is 88.7 Å². The molecule has 0 aliphatic carbocycles. The van der Waals surface area contributed by atoms with Crippen molar-refractivity contribution < 1.29 is 124 Å². The number of phenolic OH excluding ortho intramolecular Hbond substituents is 1. The number of aryl methyl sites for hydroxylation is 1. The number of azo groups is 2. The van der Waals surface area contributed by atoms with Gasteiger partial charge in [-0.05, 0) is 48.9 Å².